The number of aliphatic hydroxyl groups is 1. The summed E-state index contributed by atoms with van der Waals surface area (Å²) in [4.78, 5) is 12.6. The molecule has 0 saturated carbocycles. The van der Waals surface area contributed by atoms with Gasteiger partial charge in [-0.1, -0.05) is 18.2 Å². The Labute approximate surface area is 209 Å². The fraction of sp³-hybridized carbons (Fsp3) is 0.423. The third-order valence-electron chi connectivity index (χ3n) is 7.69. The lowest BCUT2D eigenvalue weighted by Gasteiger charge is -2.41. The molecule has 2 fully saturated rings. The molecule has 0 spiro atoms. The number of aliphatic hydroxyl groups excluding tert-OH is 1. The Morgan fingerprint density at radius 1 is 1.19 bits per heavy atom. The van der Waals surface area contributed by atoms with E-state index in [1.807, 2.05) is 10.7 Å². The predicted molar refractivity (Wildman–Crippen MR) is 135 cm³/mol. The maximum atomic E-state index is 13.9. The summed E-state index contributed by atoms with van der Waals surface area (Å²) in [7, 11) is -4.00. The zero-order valence-corrected chi connectivity index (χ0v) is 21.0. The van der Waals surface area contributed by atoms with E-state index in [4.69, 9.17) is 4.98 Å². The number of fused-ring (bicyclic) bond motifs is 5. The van der Waals surface area contributed by atoms with Gasteiger partial charge in [0.15, 0.2) is 10.9 Å². The second kappa shape index (κ2) is 8.32. The van der Waals surface area contributed by atoms with Crippen molar-refractivity contribution in [2.45, 2.75) is 74.1 Å². The number of rotatable bonds is 5. The van der Waals surface area contributed by atoms with E-state index in [9.17, 15) is 18.8 Å². The molecule has 6 rings (SSSR count). The standard InChI is InChI=1S/C26H28N6O3S/c1-15-5-3-4-6-21(15)36(34,35)26-22-23(20-10-12-28-24(20)30-26)32(25(29-22)16(2)33)31-18-7-8-19(31)14-17(13-18)9-11-27/h3-6,10,12,16-19,33H,7-9,13-14H2,1-2H3,(H,28,30)/t16-,17?,18?,19?/m1/s1. The molecule has 0 radical (unpaired) electrons. The van der Waals surface area contributed by atoms with Gasteiger partial charge in [-0.15, -0.1) is 0 Å². The van der Waals surface area contributed by atoms with Crippen molar-refractivity contribution in [3.63, 3.8) is 0 Å². The number of imidazole rings is 1. The number of H-pyrrole nitrogens is 1. The normalized spacial score (nSPS) is 22.8. The molecule has 0 amide bonds. The Bertz CT molecular complexity index is 1620. The number of pyridine rings is 1. The number of benzene rings is 1. The average molecular weight is 505 g/mol. The highest BCUT2D eigenvalue weighted by molar-refractivity contribution is 7.91. The van der Waals surface area contributed by atoms with Crippen LogP contribution in [0.3, 0.4) is 0 Å². The molecule has 2 bridgehead atoms. The lowest BCUT2D eigenvalue weighted by atomic mass is 9.89. The molecular formula is C26H28N6O3S. The topological polar surface area (TPSA) is 128 Å². The molecule has 36 heavy (non-hydrogen) atoms. The van der Waals surface area contributed by atoms with Crippen LogP contribution in [0.25, 0.3) is 22.1 Å². The number of nitrogens with zero attached hydrogens (tertiary/aromatic N) is 5. The zero-order chi connectivity index (χ0) is 25.2. The largest absolute Gasteiger partial charge is 0.385 e. The summed E-state index contributed by atoms with van der Waals surface area (Å²) in [6, 6.07) is 11.4. The van der Waals surface area contributed by atoms with Crippen LogP contribution in [0.1, 0.15) is 56.5 Å². The van der Waals surface area contributed by atoms with Crippen LogP contribution in [0.5, 0.6) is 0 Å². The fourth-order valence-corrected chi connectivity index (χ4v) is 7.73. The zero-order valence-electron chi connectivity index (χ0n) is 20.2. The molecule has 5 heterocycles. The van der Waals surface area contributed by atoms with Crippen LogP contribution < -0.4 is 5.01 Å². The maximum Gasteiger partial charge on any atom is 0.226 e. The number of aromatic amines is 1. The van der Waals surface area contributed by atoms with Gasteiger partial charge in [0, 0.05) is 30.1 Å². The summed E-state index contributed by atoms with van der Waals surface area (Å²) in [5, 5.41) is 23.0. The lowest BCUT2D eigenvalue weighted by molar-refractivity contribution is 0.179. The van der Waals surface area contributed by atoms with Gasteiger partial charge in [0.25, 0.3) is 0 Å². The van der Waals surface area contributed by atoms with Crippen molar-refractivity contribution in [1.82, 2.24) is 19.6 Å². The lowest BCUT2D eigenvalue weighted by Crippen LogP contribution is -2.50. The van der Waals surface area contributed by atoms with Gasteiger partial charge < -0.3 is 15.1 Å². The third kappa shape index (κ3) is 3.33. The number of piperidine rings is 1. The molecular weight excluding hydrogens is 476 g/mol. The molecule has 2 unspecified atom stereocenters. The number of hydrogen-bond acceptors (Lipinski definition) is 7. The first-order valence-electron chi connectivity index (χ1n) is 12.3. The first kappa shape index (κ1) is 23.0. The van der Waals surface area contributed by atoms with E-state index in [1.165, 1.54) is 0 Å². The van der Waals surface area contributed by atoms with E-state index in [1.54, 1.807) is 44.3 Å². The molecule has 1 aromatic carbocycles. The highest BCUT2D eigenvalue weighted by Gasteiger charge is 2.43. The molecule has 186 valence electrons. The van der Waals surface area contributed by atoms with E-state index in [-0.39, 0.29) is 27.5 Å². The van der Waals surface area contributed by atoms with Crippen LogP contribution in [0.4, 0.5) is 0 Å². The molecule has 2 aliphatic heterocycles. The van der Waals surface area contributed by atoms with Crippen molar-refractivity contribution in [3.05, 3.63) is 47.9 Å². The highest BCUT2D eigenvalue weighted by Crippen LogP contribution is 2.42. The number of aromatic nitrogens is 4. The molecule has 10 heteroatoms. The highest BCUT2D eigenvalue weighted by atomic mass is 32.2. The minimum absolute atomic E-state index is 0.117. The molecule has 2 saturated heterocycles. The van der Waals surface area contributed by atoms with Crippen molar-refractivity contribution in [2.75, 3.05) is 5.01 Å². The first-order chi connectivity index (χ1) is 17.3. The van der Waals surface area contributed by atoms with Crippen LogP contribution in [0.2, 0.25) is 0 Å². The smallest absolute Gasteiger partial charge is 0.226 e. The first-order valence-corrected chi connectivity index (χ1v) is 13.8. The van der Waals surface area contributed by atoms with Crippen molar-refractivity contribution in [2.24, 2.45) is 5.92 Å². The molecule has 2 N–H and O–H groups in total. The van der Waals surface area contributed by atoms with Crippen LogP contribution in [0.15, 0.2) is 46.5 Å². The second-order valence-corrected chi connectivity index (χ2v) is 11.9. The SMILES string of the molecule is Cc1ccccc1S(=O)(=O)c1nc2[nH]ccc2c2c1nc([C@@H](C)O)n2N1C2CCC1CC(CC#N)C2. The van der Waals surface area contributed by atoms with E-state index in [0.29, 0.717) is 34.9 Å². The Morgan fingerprint density at radius 2 is 1.92 bits per heavy atom. The van der Waals surface area contributed by atoms with E-state index in [0.717, 1.165) is 31.1 Å². The number of hydrogen-bond donors (Lipinski definition) is 2. The summed E-state index contributed by atoms with van der Waals surface area (Å²) in [5.74, 6) is 0.747. The minimum Gasteiger partial charge on any atom is -0.385 e. The van der Waals surface area contributed by atoms with Gasteiger partial charge >= 0.3 is 0 Å². The van der Waals surface area contributed by atoms with Gasteiger partial charge in [0.05, 0.1) is 11.0 Å². The van der Waals surface area contributed by atoms with Gasteiger partial charge in [-0.25, -0.2) is 23.1 Å². The predicted octanol–water partition coefficient (Wildman–Crippen LogP) is 3.90. The Balaban J connectivity index is 1.63. The van der Waals surface area contributed by atoms with Crippen molar-refractivity contribution < 1.29 is 13.5 Å². The number of nitrogens with one attached hydrogen (secondary N) is 1. The molecule has 3 atom stereocenters. The molecule has 2 aliphatic rings. The summed E-state index contributed by atoms with van der Waals surface area (Å²) >= 11 is 0. The van der Waals surface area contributed by atoms with Crippen LogP contribution in [-0.4, -0.2) is 45.2 Å². The Hall–Kier alpha value is -3.42. The van der Waals surface area contributed by atoms with Crippen molar-refractivity contribution >= 4 is 31.9 Å². The quantitative estimate of drug-likeness (QED) is 0.422. The van der Waals surface area contributed by atoms with E-state index < -0.39 is 15.9 Å². The summed E-state index contributed by atoms with van der Waals surface area (Å²) in [5.41, 5.74) is 1.99. The van der Waals surface area contributed by atoms with Crippen LogP contribution >= 0.6 is 0 Å². The van der Waals surface area contributed by atoms with Crippen LogP contribution in [0, 0.1) is 24.2 Å². The number of nitriles is 1. The summed E-state index contributed by atoms with van der Waals surface area (Å²) in [6.07, 6.45) is 5.12. The molecule has 3 aromatic heterocycles. The molecule has 9 nitrogen and oxygen atoms in total. The average Bonchev–Trinajstić information content (AvgIpc) is 3.52. The Morgan fingerprint density at radius 3 is 2.58 bits per heavy atom. The Kier molecular flexibility index (Phi) is 5.32. The minimum atomic E-state index is -4.00. The van der Waals surface area contributed by atoms with Gasteiger partial charge in [-0.3, -0.25) is 0 Å². The fourth-order valence-electron chi connectivity index (χ4n) is 6.16. The van der Waals surface area contributed by atoms with E-state index in [2.05, 4.69) is 21.0 Å². The van der Waals surface area contributed by atoms with E-state index >= 15 is 0 Å². The number of aryl methyl sites for hydroxylation is 1. The summed E-state index contributed by atoms with van der Waals surface area (Å²) < 4.78 is 29.8. The monoisotopic (exact) mass is 504 g/mol. The van der Waals surface area contributed by atoms with Gasteiger partial charge in [0.2, 0.25) is 9.84 Å². The summed E-state index contributed by atoms with van der Waals surface area (Å²) in [6.45, 7) is 3.42. The van der Waals surface area contributed by atoms with Crippen molar-refractivity contribution in [3.8, 4) is 6.07 Å². The molecule has 4 aromatic rings. The van der Waals surface area contributed by atoms with Crippen molar-refractivity contribution in [1.29, 1.82) is 5.26 Å². The van der Waals surface area contributed by atoms with Crippen LogP contribution in [-0.2, 0) is 9.84 Å². The van der Waals surface area contributed by atoms with Gasteiger partial charge in [0.1, 0.15) is 22.8 Å². The second-order valence-electron chi connectivity index (χ2n) is 10.0. The van der Waals surface area contributed by atoms with Gasteiger partial charge in [-0.05, 0) is 63.1 Å². The van der Waals surface area contributed by atoms with Gasteiger partial charge in [-0.2, -0.15) is 5.26 Å². The third-order valence-corrected chi connectivity index (χ3v) is 9.52. The molecule has 0 aliphatic carbocycles. The number of sulfone groups is 1. The maximum absolute atomic E-state index is 13.9.